The van der Waals surface area contributed by atoms with Gasteiger partial charge in [-0.25, -0.2) is 13.7 Å². The summed E-state index contributed by atoms with van der Waals surface area (Å²) in [5, 5.41) is 5.77. The lowest BCUT2D eigenvalue weighted by Crippen LogP contribution is -2.44. The Hall–Kier alpha value is -3.91. The molecule has 4 atom stereocenters. The summed E-state index contributed by atoms with van der Waals surface area (Å²) in [5.41, 5.74) is 1.89. The first kappa shape index (κ1) is 21.6. The van der Waals surface area contributed by atoms with Crippen LogP contribution in [0.1, 0.15) is 27.5 Å². The predicted molar refractivity (Wildman–Crippen MR) is 124 cm³/mol. The lowest BCUT2D eigenvalue weighted by atomic mass is 9.83. The summed E-state index contributed by atoms with van der Waals surface area (Å²) < 4.78 is 27.3. The van der Waals surface area contributed by atoms with Crippen molar-refractivity contribution in [2.24, 2.45) is 16.9 Å². The summed E-state index contributed by atoms with van der Waals surface area (Å²) in [6, 6.07) is 14.2. The van der Waals surface area contributed by atoms with Gasteiger partial charge in [0, 0.05) is 5.56 Å². The van der Waals surface area contributed by atoms with Crippen LogP contribution in [0, 0.1) is 23.5 Å². The van der Waals surface area contributed by atoms with E-state index in [1.807, 2.05) is 24.3 Å². The van der Waals surface area contributed by atoms with Crippen LogP contribution in [-0.2, 0) is 9.59 Å². The smallest absolute Gasteiger partial charge is 0.240 e. The minimum absolute atomic E-state index is 0.132. The molecule has 0 aromatic heterocycles. The number of Topliss-reactive ketones (excluding diaryl/α,β-unsaturated/α-hetero) is 1. The SMILES string of the molecule is O=C(c1ccc(F)cc1)[C@@H]1[C@@H]2C(=O)N(c3ccc(F)c(Cl)c3)C(=O)[C@H]2[C@@H]2c3ccccc3C=NN12. The van der Waals surface area contributed by atoms with Gasteiger partial charge in [0.2, 0.25) is 11.8 Å². The number of anilines is 1. The zero-order valence-electron chi connectivity index (χ0n) is 17.9. The second-order valence-electron chi connectivity index (χ2n) is 8.68. The molecule has 3 aromatic rings. The van der Waals surface area contributed by atoms with Crippen LogP contribution in [0.3, 0.4) is 0 Å². The molecule has 6 nitrogen and oxygen atoms in total. The third kappa shape index (κ3) is 3.13. The summed E-state index contributed by atoms with van der Waals surface area (Å²) in [6.07, 6.45) is 1.60. The van der Waals surface area contributed by atoms with Crippen molar-refractivity contribution in [1.29, 1.82) is 0 Å². The summed E-state index contributed by atoms with van der Waals surface area (Å²) in [4.78, 5) is 42.1. The predicted octanol–water partition coefficient (Wildman–Crippen LogP) is 4.38. The van der Waals surface area contributed by atoms with Crippen LogP contribution in [0.15, 0.2) is 71.8 Å². The molecule has 9 heteroatoms. The molecular weight excluding hydrogens is 476 g/mol. The maximum Gasteiger partial charge on any atom is 0.240 e. The van der Waals surface area contributed by atoms with Crippen LogP contribution in [0.5, 0.6) is 0 Å². The van der Waals surface area contributed by atoms with Gasteiger partial charge in [0.25, 0.3) is 0 Å². The van der Waals surface area contributed by atoms with Crippen molar-refractivity contribution in [2.75, 3.05) is 4.90 Å². The average molecular weight is 492 g/mol. The van der Waals surface area contributed by atoms with Crippen molar-refractivity contribution >= 4 is 41.1 Å². The van der Waals surface area contributed by atoms with E-state index in [0.29, 0.717) is 0 Å². The van der Waals surface area contributed by atoms with Crippen LogP contribution in [-0.4, -0.2) is 34.9 Å². The number of hydrazone groups is 1. The van der Waals surface area contributed by atoms with Gasteiger partial charge in [-0.2, -0.15) is 5.10 Å². The maximum absolute atomic E-state index is 13.8. The molecule has 6 rings (SSSR count). The Labute approximate surface area is 203 Å². The number of fused-ring (bicyclic) bond motifs is 5. The van der Waals surface area contributed by atoms with Gasteiger partial charge in [-0.3, -0.25) is 19.4 Å². The van der Waals surface area contributed by atoms with Crippen molar-refractivity contribution in [3.05, 3.63) is 100 Å². The molecule has 3 aliphatic rings. The molecule has 0 radical (unpaired) electrons. The fraction of sp³-hybridized carbons (Fsp3) is 0.154. The van der Waals surface area contributed by atoms with Gasteiger partial charge < -0.3 is 0 Å². The highest BCUT2D eigenvalue weighted by atomic mass is 35.5. The first-order chi connectivity index (χ1) is 16.9. The Balaban J connectivity index is 1.50. The number of benzene rings is 3. The average Bonchev–Trinajstić information content (AvgIpc) is 3.33. The van der Waals surface area contributed by atoms with Crippen LogP contribution >= 0.6 is 11.6 Å². The highest BCUT2D eigenvalue weighted by Crippen LogP contribution is 2.53. The highest BCUT2D eigenvalue weighted by molar-refractivity contribution is 6.31. The van der Waals surface area contributed by atoms with E-state index in [4.69, 9.17) is 11.6 Å². The van der Waals surface area contributed by atoms with Crippen molar-refractivity contribution in [2.45, 2.75) is 12.1 Å². The van der Waals surface area contributed by atoms with E-state index in [1.54, 1.807) is 6.21 Å². The molecule has 3 aliphatic heterocycles. The van der Waals surface area contributed by atoms with Gasteiger partial charge in [0.15, 0.2) is 5.78 Å². The molecule has 35 heavy (non-hydrogen) atoms. The van der Waals surface area contributed by atoms with E-state index in [-0.39, 0.29) is 16.3 Å². The molecule has 0 N–H and O–H groups in total. The number of amides is 2. The number of hydrogen-bond acceptors (Lipinski definition) is 5. The van der Waals surface area contributed by atoms with Gasteiger partial charge in [0.05, 0.1) is 34.8 Å². The first-order valence-corrected chi connectivity index (χ1v) is 11.3. The zero-order chi connectivity index (χ0) is 24.4. The number of rotatable bonds is 3. The van der Waals surface area contributed by atoms with Crippen LogP contribution in [0.4, 0.5) is 14.5 Å². The lowest BCUT2D eigenvalue weighted by molar-refractivity contribution is -0.124. The quantitative estimate of drug-likeness (QED) is 0.403. The summed E-state index contributed by atoms with van der Waals surface area (Å²) in [7, 11) is 0. The molecule has 0 unspecified atom stereocenters. The molecule has 0 aliphatic carbocycles. The van der Waals surface area contributed by atoms with Crippen molar-refractivity contribution in [3.8, 4) is 0 Å². The maximum atomic E-state index is 13.8. The fourth-order valence-corrected chi connectivity index (χ4v) is 5.51. The topological polar surface area (TPSA) is 70.0 Å². The van der Waals surface area contributed by atoms with Crippen molar-refractivity contribution in [3.63, 3.8) is 0 Å². The first-order valence-electron chi connectivity index (χ1n) is 10.9. The minimum atomic E-state index is -1.09. The van der Waals surface area contributed by atoms with Crippen LogP contribution in [0.2, 0.25) is 5.02 Å². The molecule has 0 saturated carbocycles. The molecule has 2 saturated heterocycles. The molecular formula is C26H16ClF2N3O3. The summed E-state index contributed by atoms with van der Waals surface area (Å²) >= 11 is 5.92. The van der Waals surface area contributed by atoms with E-state index in [0.717, 1.165) is 22.1 Å². The molecule has 2 fully saturated rings. The van der Waals surface area contributed by atoms with Crippen molar-refractivity contribution in [1.82, 2.24) is 5.01 Å². The second kappa shape index (κ2) is 7.81. The fourth-order valence-electron chi connectivity index (χ4n) is 5.33. The van der Waals surface area contributed by atoms with Crippen LogP contribution in [0.25, 0.3) is 0 Å². The molecule has 0 spiro atoms. The van der Waals surface area contributed by atoms with Crippen LogP contribution < -0.4 is 4.90 Å². The van der Waals surface area contributed by atoms with Gasteiger partial charge in [-0.1, -0.05) is 35.9 Å². The van der Waals surface area contributed by atoms with Gasteiger partial charge in [0.1, 0.15) is 17.7 Å². The number of imide groups is 1. The lowest BCUT2D eigenvalue weighted by Gasteiger charge is -2.33. The van der Waals surface area contributed by atoms with Gasteiger partial charge in [-0.05, 0) is 53.6 Å². The van der Waals surface area contributed by atoms with E-state index in [2.05, 4.69) is 5.10 Å². The number of halogens is 3. The van der Waals surface area contributed by atoms with Crippen molar-refractivity contribution < 1.29 is 23.2 Å². The molecule has 3 heterocycles. The summed E-state index contributed by atoms with van der Waals surface area (Å²) in [6.45, 7) is 0. The molecule has 0 bridgehead atoms. The largest absolute Gasteiger partial charge is 0.292 e. The monoisotopic (exact) mass is 491 g/mol. The zero-order valence-corrected chi connectivity index (χ0v) is 18.7. The van der Waals surface area contributed by atoms with E-state index >= 15 is 0 Å². The highest BCUT2D eigenvalue weighted by Gasteiger charge is 2.65. The van der Waals surface area contributed by atoms with Gasteiger partial charge in [-0.15, -0.1) is 0 Å². The molecule has 2 amide bonds. The Bertz CT molecular complexity index is 1440. The van der Waals surface area contributed by atoms with E-state index in [9.17, 15) is 23.2 Å². The Kier molecular flexibility index (Phi) is 4.82. The number of hydrogen-bond donors (Lipinski definition) is 0. The Morgan fingerprint density at radius 1 is 0.914 bits per heavy atom. The Morgan fingerprint density at radius 2 is 1.63 bits per heavy atom. The molecule has 3 aromatic carbocycles. The number of carbonyl (C=O) groups is 3. The number of ketones is 1. The number of nitrogens with zero attached hydrogens (tertiary/aromatic N) is 3. The molecule has 174 valence electrons. The third-order valence-electron chi connectivity index (χ3n) is 6.85. The van der Waals surface area contributed by atoms with E-state index < -0.39 is 53.2 Å². The summed E-state index contributed by atoms with van der Waals surface area (Å²) in [5.74, 6) is -4.68. The minimum Gasteiger partial charge on any atom is -0.292 e. The number of carbonyl (C=O) groups excluding carboxylic acids is 3. The second-order valence-corrected chi connectivity index (χ2v) is 9.08. The normalized spacial score (nSPS) is 24.4. The standard InChI is InChI=1S/C26H16ClF2N3O3/c27-18-11-16(9-10-19(18)29)31-25(34)20-21(26(31)35)23(24(33)13-5-7-15(28)8-6-13)32-22(20)17-4-2-1-3-14(17)12-30-32/h1-12,20-23H/t20-,21-,22+,23+/m1/s1. The van der Waals surface area contributed by atoms with Gasteiger partial charge >= 0.3 is 0 Å². The Morgan fingerprint density at radius 3 is 2.37 bits per heavy atom. The third-order valence-corrected chi connectivity index (χ3v) is 7.14. The van der Waals surface area contributed by atoms with E-state index in [1.165, 1.54) is 41.4 Å².